The van der Waals surface area contributed by atoms with E-state index in [1.54, 1.807) is 0 Å². The van der Waals surface area contributed by atoms with Crippen LogP contribution in [0.2, 0.25) is 0 Å². The van der Waals surface area contributed by atoms with Gasteiger partial charge in [0.2, 0.25) is 0 Å². The minimum absolute atomic E-state index is 1.12. The molecule has 0 aliphatic rings. The second-order valence-corrected chi connectivity index (χ2v) is 5.38. The Morgan fingerprint density at radius 3 is 1.24 bits per heavy atom. The smallest absolute Gasteiger partial charge is 0.0140 e. The number of rotatable bonds is 10. The Morgan fingerprint density at radius 2 is 0.941 bits per heavy atom. The molecule has 1 radical (unpaired) electrons. The van der Waals surface area contributed by atoms with Crippen molar-refractivity contribution in [2.24, 2.45) is 0 Å². The van der Waals surface area contributed by atoms with Crippen LogP contribution in [0.25, 0.3) is 0 Å². The molecule has 0 saturated carbocycles. The Hall–Kier alpha value is -0.0400. The Bertz CT molecular complexity index is 97.3. The summed E-state index contributed by atoms with van der Waals surface area (Å²) in [6.07, 6.45) is 15.4. The number of unbranched alkanes of at least 4 members (excludes halogenated alkanes) is 10. The number of hydrogen-bond acceptors (Lipinski definition) is 1. The number of hydrogen-bond donors (Lipinski definition) is 0. The molecule has 0 N–H and O–H groups in total. The summed E-state index contributed by atoms with van der Waals surface area (Å²) in [5.41, 5.74) is 0. The van der Waals surface area contributed by atoms with Gasteiger partial charge < -0.3 is 4.90 Å². The molecule has 1 heteroatoms. The third kappa shape index (κ3) is 31.4. The standard InChI is InChI=1S/C13H27.C3H9N/c1-3-5-7-9-11-13-12-10-8-6-4-2;1-4(2)3/h1,3-13H2,2H3;1-3H3. The first-order valence-electron chi connectivity index (χ1n) is 7.55. The molecule has 0 fully saturated rings. The van der Waals surface area contributed by atoms with E-state index < -0.39 is 0 Å². The summed E-state index contributed by atoms with van der Waals surface area (Å²) in [5.74, 6) is 0. The Morgan fingerprint density at radius 1 is 0.647 bits per heavy atom. The van der Waals surface area contributed by atoms with E-state index >= 15 is 0 Å². The number of nitrogens with zero attached hydrogens (tertiary/aromatic N) is 1. The lowest BCUT2D eigenvalue weighted by Gasteiger charge is -2.00. The molecule has 0 rings (SSSR count). The predicted octanol–water partition coefficient (Wildman–Crippen LogP) is 5.31. The zero-order valence-electron chi connectivity index (χ0n) is 12.9. The molecular weight excluding hydrogens is 206 g/mol. The van der Waals surface area contributed by atoms with Crippen LogP contribution in [0.4, 0.5) is 0 Å². The third-order valence-electron chi connectivity index (χ3n) is 2.60. The normalized spacial score (nSPS) is 10.2. The van der Waals surface area contributed by atoms with Crippen molar-refractivity contribution >= 4 is 0 Å². The average molecular weight is 242 g/mol. The highest BCUT2D eigenvalue weighted by atomic mass is 15.0. The van der Waals surface area contributed by atoms with E-state index in [-0.39, 0.29) is 0 Å². The van der Waals surface area contributed by atoms with Crippen molar-refractivity contribution in [2.75, 3.05) is 21.1 Å². The molecule has 0 amide bonds. The largest absolute Gasteiger partial charge is 0.312 e. The van der Waals surface area contributed by atoms with Gasteiger partial charge in [0.05, 0.1) is 0 Å². The van der Waals surface area contributed by atoms with Crippen molar-refractivity contribution < 1.29 is 0 Å². The van der Waals surface area contributed by atoms with Crippen LogP contribution >= 0.6 is 0 Å². The van der Waals surface area contributed by atoms with Gasteiger partial charge in [0, 0.05) is 0 Å². The van der Waals surface area contributed by atoms with Crippen LogP contribution < -0.4 is 0 Å². The molecule has 0 atom stereocenters. The molecule has 0 aromatic rings. The summed E-state index contributed by atoms with van der Waals surface area (Å²) in [6.45, 7) is 6.13. The predicted molar refractivity (Wildman–Crippen MR) is 81.4 cm³/mol. The van der Waals surface area contributed by atoms with E-state index in [1.165, 1.54) is 64.2 Å². The Labute approximate surface area is 111 Å². The second-order valence-electron chi connectivity index (χ2n) is 5.38. The summed E-state index contributed by atoms with van der Waals surface area (Å²) in [4.78, 5) is 2.00. The lowest BCUT2D eigenvalue weighted by molar-refractivity contribution is 0.505. The Balaban J connectivity index is 0. The maximum Gasteiger partial charge on any atom is -0.0140 e. The fourth-order valence-corrected chi connectivity index (χ4v) is 1.66. The highest BCUT2D eigenvalue weighted by Gasteiger charge is 1.90. The summed E-state index contributed by atoms with van der Waals surface area (Å²) >= 11 is 0. The summed E-state index contributed by atoms with van der Waals surface area (Å²) < 4.78 is 0. The van der Waals surface area contributed by atoms with E-state index in [4.69, 9.17) is 0 Å². The summed E-state index contributed by atoms with van der Waals surface area (Å²) in [7, 11) is 6.00. The van der Waals surface area contributed by atoms with Gasteiger partial charge in [-0.25, -0.2) is 0 Å². The molecule has 105 valence electrons. The highest BCUT2D eigenvalue weighted by Crippen LogP contribution is 2.10. The first-order valence-corrected chi connectivity index (χ1v) is 7.55. The van der Waals surface area contributed by atoms with Gasteiger partial charge in [0.15, 0.2) is 0 Å². The van der Waals surface area contributed by atoms with Gasteiger partial charge in [-0.15, -0.1) is 0 Å². The topological polar surface area (TPSA) is 3.24 Å². The molecule has 0 heterocycles. The molecule has 0 unspecified atom stereocenters. The van der Waals surface area contributed by atoms with Crippen molar-refractivity contribution in [3.63, 3.8) is 0 Å². The first kappa shape index (κ1) is 19.3. The van der Waals surface area contributed by atoms with Gasteiger partial charge in [-0.2, -0.15) is 0 Å². The zero-order valence-corrected chi connectivity index (χ0v) is 12.9. The maximum atomic E-state index is 3.85. The fourth-order valence-electron chi connectivity index (χ4n) is 1.66. The van der Waals surface area contributed by atoms with Crippen molar-refractivity contribution in [1.82, 2.24) is 4.90 Å². The zero-order chi connectivity index (χ0) is 13.4. The molecule has 0 bridgehead atoms. The fraction of sp³-hybridized carbons (Fsp3) is 0.938. The lowest BCUT2D eigenvalue weighted by Crippen LogP contribution is -1.99. The van der Waals surface area contributed by atoms with Crippen LogP contribution in [0.15, 0.2) is 0 Å². The van der Waals surface area contributed by atoms with Gasteiger partial charge in [-0.3, -0.25) is 0 Å². The average Bonchev–Trinajstić information content (AvgIpc) is 2.26. The highest BCUT2D eigenvalue weighted by molar-refractivity contribution is 4.48. The van der Waals surface area contributed by atoms with Gasteiger partial charge >= 0.3 is 0 Å². The van der Waals surface area contributed by atoms with Crippen molar-refractivity contribution in [2.45, 2.75) is 77.6 Å². The quantitative estimate of drug-likeness (QED) is 0.469. The molecule has 0 aromatic carbocycles. The minimum Gasteiger partial charge on any atom is -0.312 e. The molecule has 0 aliphatic carbocycles. The van der Waals surface area contributed by atoms with Gasteiger partial charge in [0.25, 0.3) is 0 Å². The van der Waals surface area contributed by atoms with Crippen molar-refractivity contribution in [3.8, 4) is 0 Å². The summed E-state index contributed by atoms with van der Waals surface area (Å²) in [6, 6.07) is 0. The van der Waals surface area contributed by atoms with Crippen LogP contribution in [0.5, 0.6) is 0 Å². The molecule has 0 aromatic heterocycles. The summed E-state index contributed by atoms with van der Waals surface area (Å²) in [5, 5.41) is 0. The van der Waals surface area contributed by atoms with Crippen LogP contribution in [-0.2, 0) is 0 Å². The maximum absolute atomic E-state index is 3.85. The monoisotopic (exact) mass is 242 g/mol. The first-order chi connectivity index (χ1) is 8.15. The van der Waals surface area contributed by atoms with E-state index in [0.29, 0.717) is 0 Å². The SMILES string of the molecule is CN(C)C.[CH2]CCCCCCCCCCCC. The van der Waals surface area contributed by atoms with Crippen molar-refractivity contribution in [1.29, 1.82) is 0 Å². The molecule has 1 nitrogen and oxygen atoms in total. The molecular formula is C16H36N. The molecule has 0 aliphatic heterocycles. The second kappa shape index (κ2) is 18.3. The minimum atomic E-state index is 1.12. The molecule has 0 spiro atoms. The van der Waals surface area contributed by atoms with E-state index in [2.05, 4.69) is 13.8 Å². The van der Waals surface area contributed by atoms with Gasteiger partial charge in [-0.1, -0.05) is 84.5 Å². The van der Waals surface area contributed by atoms with E-state index in [0.717, 1.165) is 6.42 Å². The lowest BCUT2D eigenvalue weighted by atomic mass is 10.1. The molecule has 17 heavy (non-hydrogen) atoms. The Kier molecular flexibility index (Phi) is 20.8. The third-order valence-corrected chi connectivity index (χ3v) is 2.60. The van der Waals surface area contributed by atoms with E-state index in [9.17, 15) is 0 Å². The van der Waals surface area contributed by atoms with Crippen LogP contribution in [0.3, 0.4) is 0 Å². The molecule has 0 saturated heterocycles. The van der Waals surface area contributed by atoms with Gasteiger partial charge in [0.1, 0.15) is 0 Å². The van der Waals surface area contributed by atoms with E-state index in [1.807, 2.05) is 26.0 Å². The van der Waals surface area contributed by atoms with Crippen LogP contribution in [0.1, 0.15) is 77.6 Å². The van der Waals surface area contributed by atoms with Gasteiger partial charge in [-0.05, 0) is 21.1 Å². The van der Waals surface area contributed by atoms with Crippen molar-refractivity contribution in [3.05, 3.63) is 6.92 Å². The van der Waals surface area contributed by atoms with Crippen LogP contribution in [0, 0.1) is 6.92 Å². The van der Waals surface area contributed by atoms with Crippen LogP contribution in [-0.4, -0.2) is 26.0 Å².